The molecule has 110 valence electrons. The van der Waals surface area contributed by atoms with Crippen molar-refractivity contribution < 1.29 is 12.6 Å². The van der Waals surface area contributed by atoms with E-state index < -0.39 is 20.6 Å². The van der Waals surface area contributed by atoms with Gasteiger partial charge in [-0.3, -0.25) is 4.21 Å². The maximum absolute atomic E-state index is 11.6. The average molecular weight is 296 g/mol. The molecule has 0 aliphatic heterocycles. The standard InChI is InChI=1S/C13H28O3S2/c1-3-5-7-10-17(14)11-9-13-18(15,16)12-8-6-4-2/h3-13H2,1-2H3. The van der Waals surface area contributed by atoms with E-state index in [1.807, 2.05) is 0 Å². The van der Waals surface area contributed by atoms with Crippen LogP contribution < -0.4 is 0 Å². The fourth-order valence-electron chi connectivity index (χ4n) is 1.73. The lowest BCUT2D eigenvalue weighted by Gasteiger charge is -2.04. The van der Waals surface area contributed by atoms with E-state index >= 15 is 0 Å². The molecule has 0 aromatic heterocycles. The minimum absolute atomic E-state index is 0.205. The molecule has 0 aromatic carbocycles. The largest absolute Gasteiger partial charge is 0.260 e. The summed E-state index contributed by atoms with van der Waals surface area (Å²) in [6.45, 7) is 4.18. The van der Waals surface area contributed by atoms with E-state index in [0.29, 0.717) is 17.9 Å². The average Bonchev–Trinajstić information content (AvgIpc) is 2.29. The van der Waals surface area contributed by atoms with E-state index in [-0.39, 0.29) is 5.75 Å². The second kappa shape index (κ2) is 11.0. The van der Waals surface area contributed by atoms with E-state index in [0.717, 1.165) is 44.3 Å². The molecule has 5 heteroatoms. The van der Waals surface area contributed by atoms with Crippen molar-refractivity contribution in [1.82, 2.24) is 0 Å². The molecule has 0 rings (SSSR count). The fraction of sp³-hybridized carbons (Fsp3) is 1.00. The molecule has 1 atom stereocenters. The summed E-state index contributed by atoms with van der Waals surface area (Å²) in [4.78, 5) is 0. The topological polar surface area (TPSA) is 51.2 Å². The Kier molecular flexibility index (Phi) is 11.0. The lowest BCUT2D eigenvalue weighted by Crippen LogP contribution is -2.14. The first-order valence-electron chi connectivity index (χ1n) is 7.07. The number of hydrogen-bond acceptors (Lipinski definition) is 3. The van der Waals surface area contributed by atoms with E-state index in [4.69, 9.17) is 0 Å². The van der Waals surface area contributed by atoms with Gasteiger partial charge in [-0.1, -0.05) is 39.5 Å². The van der Waals surface area contributed by atoms with Crippen LogP contribution in [-0.2, 0) is 20.6 Å². The predicted octanol–water partition coefficient (Wildman–Crippen LogP) is 2.92. The Hall–Kier alpha value is 0.1000. The van der Waals surface area contributed by atoms with Gasteiger partial charge < -0.3 is 0 Å². The molecule has 1 unspecified atom stereocenters. The molecule has 0 saturated carbocycles. The summed E-state index contributed by atoms with van der Waals surface area (Å²) in [5.41, 5.74) is 0. The van der Waals surface area contributed by atoms with Crippen LogP contribution in [0.25, 0.3) is 0 Å². The molecular weight excluding hydrogens is 268 g/mol. The molecule has 0 saturated heterocycles. The van der Waals surface area contributed by atoms with Crippen LogP contribution in [-0.4, -0.2) is 35.6 Å². The van der Waals surface area contributed by atoms with Crippen LogP contribution in [0.1, 0.15) is 58.8 Å². The van der Waals surface area contributed by atoms with E-state index in [2.05, 4.69) is 13.8 Å². The Morgan fingerprint density at radius 1 is 0.778 bits per heavy atom. The second-order valence-electron chi connectivity index (χ2n) is 4.77. The van der Waals surface area contributed by atoms with E-state index in [9.17, 15) is 12.6 Å². The smallest absolute Gasteiger partial charge is 0.150 e. The summed E-state index contributed by atoms with van der Waals surface area (Å²) in [5, 5.41) is 0. The fourth-order valence-corrected chi connectivity index (χ4v) is 4.54. The SMILES string of the molecule is CCCCCS(=O)CCCS(=O)(=O)CCCCC. The highest BCUT2D eigenvalue weighted by Gasteiger charge is 2.10. The Balaban J connectivity index is 3.65. The molecule has 0 aliphatic rings. The van der Waals surface area contributed by atoms with Gasteiger partial charge in [-0.2, -0.15) is 0 Å². The van der Waals surface area contributed by atoms with Crippen LogP contribution in [0, 0.1) is 0 Å². The van der Waals surface area contributed by atoms with Gasteiger partial charge in [0, 0.05) is 22.3 Å². The maximum atomic E-state index is 11.6. The van der Waals surface area contributed by atoms with Crippen LogP contribution >= 0.6 is 0 Å². The van der Waals surface area contributed by atoms with E-state index in [1.165, 1.54) is 0 Å². The van der Waals surface area contributed by atoms with Gasteiger partial charge in [0.2, 0.25) is 0 Å². The first kappa shape index (κ1) is 18.1. The summed E-state index contributed by atoms with van der Waals surface area (Å²) in [6.07, 6.45) is 6.56. The van der Waals surface area contributed by atoms with Gasteiger partial charge in [-0.25, -0.2) is 8.42 Å². The highest BCUT2D eigenvalue weighted by atomic mass is 32.2. The zero-order valence-corrected chi connectivity index (χ0v) is 13.5. The van der Waals surface area contributed by atoms with Gasteiger partial charge in [0.25, 0.3) is 0 Å². The Bertz CT molecular complexity index is 310. The Labute approximate surface area is 115 Å². The molecule has 0 heterocycles. The van der Waals surface area contributed by atoms with Crippen molar-refractivity contribution in [2.75, 3.05) is 23.0 Å². The third kappa shape index (κ3) is 11.2. The van der Waals surface area contributed by atoms with Crippen molar-refractivity contribution in [1.29, 1.82) is 0 Å². The summed E-state index contributed by atoms with van der Waals surface area (Å²) in [7, 11) is -3.74. The zero-order chi connectivity index (χ0) is 13.9. The number of hydrogen-bond donors (Lipinski definition) is 0. The highest BCUT2D eigenvalue weighted by molar-refractivity contribution is 7.91. The van der Waals surface area contributed by atoms with Crippen molar-refractivity contribution in [2.24, 2.45) is 0 Å². The summed E-state index contributed by atoms with van der Waals surface area (Å²) in [5.74, 6) is 1.76. The molecule has 0 bridgehead atoms. The van der Waals surface area contributed by atoms with Crippen molar-refractivity contribution in [2.45, 2.75) is 58.8 Å². The van der Waals surface area contributed by atoms with Gasteiger partial charge in [0.15, 0.2) is 0 Å². The molecule has 0 radical (unpaired) electrons. The van der Waals surface area contributed by atoms with Crippen molar-refractivity contribution in [3.05, 3.63) is 0 Å². The van der Waals surface area contributed by atoms with Gasteiger partial charge in [-0.05, 0) is 19.3 Å². The molecule has 0 aliphatic carbocycles. The second-order valence-corrected chi connectivity index (χ2v) is 8.77. The van der Waals surface area contributed by atoms with Crippen molar-refractivity contribution in [3.8, 4) is 0 Å². The highest BCUT2D eigenvalue weighted by Crippen LogP contribution is 2.03. The Morgan fingerprint density at radius 3 is 1.89 bits per heavy atom. The molecule has 0 spiro atoms. The first-order chi connectivity index (χ1) is 8.52. The minimum Gasteiger partial charge on any atom is -0.260 e. The number of sulfone groups is 1. The molecule has 0 aromatic rings. The lowest BCUT2D eigenvalue weighted by molar-refractivity contribution is 0.589. The molecule has 18 heavy (non-hydrogen) atoms. The predicted molar refractivity (Wildman–Crippen MR) is 80.2 cm³/mol. The van der Waals surface area contributed by atoms with Crippen molar-refractivity contribution in [3.63, 3.8) is 0 Å². The first-order valence-corrected chi connectivity index (χ1v) is 10.4. The van der Waals surface area contributed by atoms with Crippen LogP contribution in [0.3, 0.4) is 0 Å². The maximum Gasteiger partial charge on any atom is 0.150 e. The molecular formula is C13H28O3S2. The molecule has 0 N–H and O–H groups in total. The minimum atomic E-state index is -2.91. The monoisotopic (exact) mass is 296 g/mol. The summed E-state index contributed by atoms with van der Waals surface area (Å²) < 4.78 is 34.9. The van der Waals surface area contributed by atoms with Crippen molar-refractivity contribution >= 4 is 20.6 Å². The van der Waals surface area contributed by atoms with Gasteiger partial charge in [0.1, 0.15) is 9.84 Å². The molecule has 0 fully saturated rings. The van der Waals surface area contributed by atoms with Gasteiger partial charge >= 0.3 is 0 Å². The number of unbranched alkanes of at least 4 members (excludes halogenated alkanes) is 4. The normalized spacial score (nSPS) is 13.7. The van der Waals surface area contributed by atoms with Crippen LogP contribution in [0.4, 0.5) is 0 Å². The van der Waals surface area contributed by atoms with Crippen LogP contribution in [0.5, 0.6) is 0 Å². The molecule has 0 amide bonds. The van der Waals surface area contributed by atoms with Crippen LogP contribution in [0.2, 0.25) is 0 Å². The summed E-state index contributed by atoms with van der Waals surface area (Å²) >= 11 is 0. The van der Waals surface area contributed by atoms with Gasteiger partial charge in [0.05, 0.1) is 11.5 Å². The lowest BCUT2D eigenvalue weighted by atomic mass is 10.3. The third-order valence-electron chi connectivity index (χ3n) is 2.86. The van der Waals surface area contributed by atoms with E-state index in [1.54, 1.807) is 0 Å². The Morgan fingerprint density at radius 2 is 1.28 bits per heavy atom. The molecule has 3 nitrogen and oxygen atoms in total. The quantitative estimate of drug-likeness (QED) is 0.520. The summed E-state index contributed by atoms with van der Waals surface area (Å²) in [6, 6.07) is 0. The zero-order valence-electron chi connectivity index (χ0n) is 11.8. The third-order valence-corrected chi connectivity index (χ3v) is 6.17. The van der Waals surface area contributed by atoms with Gasteiger partial charge in [-0.15, -0.1) is 0 Å². The number of rotatable bonds is 12. The van der Waals surface area contributed by atoms with Crippen LogP contribution in [0.15, 0.2) is 0 Å².